The first kappa shape index (κ1) is 9.46. The number of hydrogen-bond acceptors (Lipinski definition) is 3. The molecular formula is C11H16N2O. The Morgan fingerprint density at radius 3 is 3.00 bits per heavy atom. The van der Waals surface area contributed by atoms with Crippen LogP contribution in [0.25, 0.3) is 0 Å². The van der Waals surface area contributed by atoms with Gasteiger partial charge in [0.15, 0.2) is 0 Å². The second-order valence-electron chi connectivity index (χ2n) is 3.94. The lowest BCUT2D eigenvalue weighted by Crippen LogP contribution is -2.20. The molecule has 1 aliphatic rings. The van der Waals surface area contributed by atoms with Gasteiger partial charge in [0.25, 0.3) is 0 Å². The van der Waals surface area contributed by atoms with Gasteiger partial charge in [-0.25, -0.2) is 0 Å². The van der Waals surface area contributed by atoms with Crippen molar-refractivity contribution in [3.05, 3.63) is 24.0 Å². The van der Waals surface area contributed by atoms with E-state index in [1.165, 1.54) is 5.69 Å². The van der Waals surface area contributed by atoms with Gasteiger partial charge >= 0.3 is 0 Å². The van der Waals surface area contributed by atoms with E-state index < -0.39 is 0 Å². The molecule has 0 aliphatic carbocycles. The van der Waals surface area contributed by atoms with Crippen LogP contribution in [0.4, 0.5) is 5.69 Å². The van der Waals surface area contributed by atoms with Gasteiger partial charge in [-0.15, -0.1) is 0 Å². The van der Waals surface area contributed by atoms with Gasteiger partial charge < -0.3 is 10.0 Å². The van der Waals surface area contributed by atoms with Crippen LogP contribution in [0.2, 0.25) is 0 Å². The molecule has 1 saturated heterocycles. The maximum atomic E-state index is 9.03. The highest BCUT2D eigenvalue weighted by atomic mass is 16.3. The summed E-state index contributed by atoms with van der Waals surface area (Å²) in [6.07, 6.45) is 3.00. The van der Waals surface area contributed by atoms with Crippen LogP contribution >= 0.6 is 0 Å². The van der Waals surface area contributed by atoms with E-state index in [-0.39, 0.29) is 0 Å². The molecule has 76 valence electrons. The van der Waals surface area contributed by atoms with E-state index in [4.69, 9.17) is 5.11 Å². The molecule has 1 unspecified atom stereocenters. The molecule has 2 rings (SSSR count). The fraction of sp³-hybridized carbons (Fsp3) is 0.545. The molecule has 3 heteroatoms. The van der Waals surface area contributed by atoms with Crippen LogP contribution in [0.5, 0.6) is 0 Å². The quantitative estimate of drug-likeness (QED) is 0.765. The topological polar surface area (TPSA) is 36.4 Å². The summed E-state index contributed by atoms with van der Waals surface area (Å²) in [5.41, 5.74) is 2.22. The van der Waals surface area contributed by atoms with Gasteiger partial charge in [-0.05, 0) is 25.5 Å². The highest BCUT2D eigenvalue weighted by Gasteiger charge is 2.21. The summed E-state index contributed by atoms with van der Waals surface area (Å²) >= 11 is 0. The summed E-state index contributed by atoms with van der Waals surface area (Å²) in [5, 5.41) is 9.03. The van der Waals surface area contributed by atoms with Crippen molar-refractivity contribution >= 4 is 5.69 Å². The normalized spacial score (nSPS) is 21.6. The van der Waals surface area contributed by atoms with Gasteiger partial charge in [-0.3, -0.25) is 4.98 Å². The number of pyridine rings is 1. The Hall–Kier alpha value is -1.09. The summed E-state index contributed by atoms with van der Waals surface area (Å²) in [6.45, 7) is 4.29. The highest BCUT2D eigenvalue weighted by molar-refractivity contribution is 5.45. The molecule has 1 aliphatic heterocycles. The average molecular weight is 192 g/mol. The number of rotatable bonds is 2. The number of aliphatic hydroxyl groups excluding tert-OH is 1. The van der Waals surface area contributed by atoms with Crippen LogP contribution in [0, 0.1) is 12.8 Å². The zero-order chi connectivity index (χ0) is 9.97. The molecule has 0 aromatic carbocycles. The van der Waals surface area contributed by atoms with E-state index >= 15 is 0 Å². The van der Waals surface area contributed by atoms with E-state index in [0.29, 0.717) is 12.5 Å². The average Bonchev–Trinajstić information content (AvgIpc) is 2.67. The van der Waals surface area contributed by atoms with Gasteiger partial charge in [0.05, 0.1) is 11.9 Å². The van der Waals surface area contributed by atoms with Gasteiger partial charge in [-0.2, -0.15) is 0 Å². The Balaban J connectivity index is 2.06. The third-order valence-corrected chi connectivity index (χ3v) is 2.80. The largest absolute Gasteiger partial charge is 0.396 e. The zero-order valence-corrected chi connectivity index (χ0v) is 8.48. The first-order valence-corrected chi connectivity index (χ1v) is 5.08. The van der Waals surface area contributed by atoms with Crippen molar-refractivity contribution < 1.29 is 5.11 Å². The van der Waals surface area contributed by atoms with E-state index in [1.807, 2.05) is 19.2 Å². The van der Waals surface area contributed by atoms with Crippen molar-refractivity contribution in [2.75, 3.05) is 24.6 Å². The second kappa shape index (κ2) is 3.96. The van der Waals surface area contributed by atoms with Crippen molar-refractivity contribution in [2.24, 2.45) is 5.92 Å². The Labute approximate surface area is 84.4 Å². The smallest absolute Gasteiger partial charge is 0.0553 e. The monoisotopic (exact) mass is 192 g/mol. The maximum absolute atomic E-state index is 9.03. The third kappa shape index (κ3) is 1.87. The summed E-state index contributed by atoms with van der Waals surface area (Å²) < 4.78 is 0. The Morgan fingerprint density at radius 2 is 2.43 bits per heavy atom. The van der Waals surface area contributed by atoms with Gasteiger partial charge in [0.1, 0.15) is 0 Å². The van der Waals surface area contributed by atoms with Gasteiger partial charge in [0, 0.05) is 31.3 Å². The summed E-state index contributed by atoms with van der Waals surface area (Å²) in [7, 11) is 0. The summed E-state index contributed by atoms with van der Waals surface area (Å²) in [6, 6.07) is 4.13. The van der Waals surface area contributed by atoms with Crippen molar-refractivity contribution in [1.82, 2.24) is 4.98 Å². The van der Waals surface area contributed by atoms with Crippen LogP contribution in [0.15, 0.2) is 18.3 Å². The Bertz CT molecular complexity index is 297. The van der Waals surface area contributed by atoms with Gasteiger partial charge in [0.2, 0.25) is 0 Å². The first-order chi connectivity index (χ1) is 6.79. The van der Waals surface area contributed by atoms with E-state index in [9.17, 15) is 0 Å². The molecule has 0 radical (unpaired) electrons. The fourth-order valence-electron chi connectivity index (χ4n) is 1.86. The molecule has 1 aromatic rings. The lowest BCUT2D eigenvalue weighted by molar-refractivity contribution is 0.238. The fourth-order valence-corrected chi connectivity index (χ4v) is 1.86. The predicted molar refractivity (Wildman–Crippen MR) is 56.4 cm³/mol. The molecule has 3 nitrogen and oxygen atoms in total. The molecule has 1 fully saturated rings. The number of anilines is 1. The van der Waals surface area contributed by atoms with Crippen LogP contribution in [0.3, 0.4) is 0 Å². The van der Waals surface area contributed by atoms with Gasteiger partial charge in [-0.1, -0.05) is 0 Å². The van der Waals surface area contributed by atoms with Crippen molar-refractivity contribution in [3.63, 3.8) is 0 Å². The minimum atomic E-state index is 0.301. The SMILES string of the molecule is Cc1ccc(N2CCC(CO)C2)cn1. The molecule has 1 atom stereocenters. The van der Waals surface area contributed by atoms with Crippen LogP contribution in [-0.4, -0.2) is 29.8 Å². The minimum Gasteiger partial charge on any atom is -0.396 e. The van der Waals surface area contributed by atoms with Crippen LogP contribution in [-0.2, 0) is 0 Å². The molecule has 0 amide bonds. The predicted octanol–water partition coefficient (Wildman–Crippen LogP) is 1.21. The highest BCUT2D eigenvalue weighted by Crippen LogP contribution is 2.22. The number of aliphatic hydroxyl groups is 1. The zero-order valence-electron chi connectivity index (χ0n) is 8.48. The lowest BCUT2D eigenvalue weighted by Gasteiger charge is -2.17. The van der Waals surface area contributed by atoms with E-state index in [0.717, 1.165) is 25.2 Å². The van der Waals surface area contributed by atoms with Crippen LogP contribution < -0.4 is 4.90 Å². The number of nitrogens with zero attached hydrogens (tertiary/aromatic N) is 2. The molecule has 14 heavy (non-hydrogen) atoms. The summed E-state index contributed by atoms with van der Waals surface area (Å²) in [4.78, 5) is 6.56. The molecule has 1 aromatic heterocycles. The molecule has 2 heterocycles. The van der Waals surface area contributed by atoms with Crippen molar-refractivity contribution in [1.29, 1.82) is 0 Å². The third-order valence-electron chi connectivity index (χ3n) is 2.80. The molecule has 0 bridgehead atoms. The molecular weight excluding hydrogens is 176 g/mol. The van der Waals surface area contributed by atoms with Crippen molar-refractivity contribution in [2.45, 2.75) is 13.3 Å². The Morgan fingerprint density at radius 1 is 1.57 bits per heavy atom. The molecule has 0 saturated carbocycles. The molecule has 0 spiro atoms. The standard InChI is InChI=1S/C11H16N2O/c1-9-2-3-11(6-12-9)13-5-4-10(7-13)8-14/h2-3,6,10,14H,4-5,7-8H2,1H3. The maximum Gasteiger partial charge on any atom is 0.0553 e. The van der Waals surface area contributed by atoms with Crippen LogP contribution in [0.1, 0.15) is 12.1 Å². The number of aromatic nitrogens is 1. The number of hydrogen-bond donors (Lipinski definition) is 1. The minimum absolute atomic E-state index is 0.301. The van der Waals surface area contributed by atoms with E-state index in [2.05, 4.69) is 16.0 Å². The Kier molecular flexibility index (Phi) is 2.68. The lowest BCUT2D eigenvalue weighted by atomic mass is 10.1. The molecule has 1 N–H and O–H groups in total. The summed E-state index contributed by atoms with van der Waals surface area (Å²) in [5.74, 6) is 0.441. The van der Waals surface area contributed by atoms with E-state index in [1.54, 1.807) is 0 Å². The van der Waals surface area contributed by atoms with Crippen molar-refractivity contribution in [3.8, 4) is 0 Å². The number of aryl methyl sites for hydroxylation is 1. The second-order valence-corrected chi connectivity index (χ2v) is 3.94. The first-order valence-electron chi connectivity index (χ1n) is 5.08.